The number of benzene rings is 2. The monoisotopic (exact) mass is 361 g/mol. The zero-order chi connectivity index (χ0) is 17.8. The van der Waals surface area contributed by atoms with Gasteiger partial charge in [0.1, 0.15) is 0 Å². The van der Waals surface area contributed by atoms with Gasteiger partial charge in [0.05, 0.1) is 10.9 Å². The Morgan fingerprint density at radius 3 is 2.15 bits per heavy atom. The fraction of sp³-hybridized carbons (Fsp3) is 0.0500. The van der Waals surface area contributed by atoms with E-state index in [2.05, 4.69) is 15.5 Å². The third kappa shape index (κ3) is 3.41. The summed E-state index contributed by atoms with van der Waals surface area (Å²) in [6.07, 6.45) is 0. The first kappa shape index (κ1) is 16.2. The standard InChI is InChI=1S/C20H15N3O2S/c24-19(20-22-18(23-25-20)16-12-7-13-26-16)21-17(14-8-3-1-4-9-14)15-10-5-2-6-11-15/h1-13,17H,(H,21,24). The molecule has 1 amide bonds. The average Bonchev–Trinajstić information content (AvgIpc) is 3.39. The fourth-order valence-electron chi connectivity index (χ4n) is 2.66. The Morgan fingerprint density at radius 2 is 1.58 bits per heavy atom. The fourth-order valence-corrected chi connectivity index (χ4v) is 3.31. The largest absolute Gasteiger partial charge is 0.337 e. The maximum Gasteiger partial charge on any atom is 0.316 e. The zero-order valence-electron chi connectivity index (χ0n) is 13.7. The lowest BCUT2D eigenvalue weighted by Crippen LogP contribution is -2.29. The van der Waals surface area contributed by atoms with E-state index in [4.69, 9.17) is 4.52 Å². The van der Waals surface area contributed by atoms with Gasteiger partial charge in [0.25, 0.3) is 0 Å². The van der Waals surface area contributed by atoms with Gasteiger partial charge >= 0.3 is 11.8 Å². The molecule has 0 saturated heterocycles. The molecule has 1 N–H and O–H groups in total. The van der Waals surface area contributed by atoms with Gasteiger partial charge in [-0.05, 0) is 22.6 Å². The van der Waals surface area contributed by atoms with Crippen molar-refractivity contribution in [3.05, 3.63) is 95.2 Å². The van der Waals surface area contributed by atoms with Crippen molar-refractivity contribution >= 4 is 17.2 Å². The summed E-state index contributed by atoms with van der Waals surface area (Å²) in [5, 5.41) is 8.81. The van der Waals surface area contributed by atoms with Gasteiger partial charge in [-0.25, -0.2) is 0 Å². The van der Waals surface area contributed by atoms with E-state index >= 15 is 0 Å². The number of carbonyl (C=O) groups excluding carboxylic acids is 1. The molecule has 6 heteroatoms. The minimum absolute atomic E-state index is 0.0507. The van der Waals surface area contributed by atoms with E-state index in [-0.39, 0.29) is 11.9 Å². The predicted octanol–water partition coefficient (Wildman–Crippen LogP) is 4.32. The smallest absolute Gasteiger partial charge is 0.316 e. The lowest BCUT2D eigenvalue weighted by molar-refractivity contribution is 0.0899. The lowest BCUT2D eigenvalue weighted by atomic mass is 9.99. The predicted molar refractivity (Wildman–Crippen MR) is 99.8 cm³/mol. The maximum atomic E-state index is 12.7. The second-order valence-electron chi connectivity index (χ2n) is 5.63. The van der Waals surface area contributed by atoms with E-state index in [1.807, 2.05) is 78.2 Å². The molecule has 0 aliphatic rings. The molecule has 0 saturated carbocycles. The van der Waals surface area contributed by atoms with Gasteiger partial charge in [0.2, 0.25) is 5.82 Å². The normalized spacial score (nSPS) is 10.8. The second kappa shape index (κ2) is 7.33. The molecular formula is C20H15N3O2S. The first-order valence-electron chi connectivity index (χ1n) is 8.09. The van der Waals surface area contributed by atoms with Crippen molar-refractivity contribution in [2.75, 3.05) is 0 Å². The summed E-state index contributed by atoms with van der Waals surface area (Å²) in [7, 11) is 0. The summed E-state index contributed by atoms with van der Waals surface area (Å²) in [6, 6.07) is 23.0. The highest BCUT2D eigenvalue weighted by Gasteiger charge is 2.22. The van der Waals surface area contributed by atoms with E-state index in [0.29, 0.717) is 5.82 Å². The Morgan fingerprint density at radius 1 is 0.923 bits per heavy atom. The summed E-state index contributed by atoms with van der Waals surface area (Å²) in [5.74, 6) is -0.0376. The number of hydrogen-bond donors (Lipinski definition) is 1. The molecule has 128 valence electrons. The first-order valence-corrected chi connectivity index (χ1v) is 8.97. The molecule has 4 rings (SSSR count). The Bertz CT molecular complexity index is 943. The SMILES string of the molecule is O=C(NC(c1ccccc1)c1ccccc1)c1nc(-c2cccs2)no1. The number of hydrogen-bond acceptors (Lipinski definition) is 5. The maximum absolute atomic E-state index is 12.7. The lowest BCUT2D eigenvalue weighted by Gasteiger charge is -2.18. The van der Waals surface area contributed by atoms with Crippen LogP contribution in [0, 0.1) is 0 Å². The minimum atomic E-state index is -0.405. The summed E-state index contributed by atoms with van der Waals surface area (Å²) in [6.45, 7) is 0. The molecule has 0 unspecified atom stereocenters. The van der Waals surface area contributed by atoms with Crippen molar-refractivity contribution in [3.8, 4) is 10.7 Å². The Hall–Kier alpha value is -3.25. The van der Waals surface area contributed by atoms with Crippen molar-refractivity contribution in [3.63, 3.8) is 0 Å². The zero-order valence-corrected chi connectivity index (χ0v) is 14.5. The van der Waals surface area contributed by atoms with Crippen molar-refractivity contribution in [1.29, 1.82) is 0 Å². The summed E-state index contributed by atoms with van der Waals surface area (Å²) in [5.41, 5.74) is 1.95. The van der Waals surface area contributed by atoms with Crippen molar-refractivity contribution in [2.45, 2.75) is 6.04 Å². The van der Waals surface area contributed by atoms with Crippen LogP contribution in [0.2, 0.25) is 0 Å². The molecule has 0 atom stereocenters. The Kier molecular flexibility index (Phi) is 4.57. The molecule has 0 bridgehead atoms. The topological polar surface area (TPSA) is 68.0 Å². The second-order valence-corrected chi connectivity index (χ2v) is 6.58. The van der Waals surface area contributed by atoms with Crippen LogP contribution in [0.3, 0.4) is 0 Å². The van der Waals surface area contributed by atoms with Gasteiger partial charge in [0, 0.05) is 0 Å². The molecule has 0 aliphatic heterocycles. The van der Waals surface area contributed by atoms with Crippen LogP contribution in [0.25, 0.3) is 10.7 Å². The van der Waals surface area contributed by atoms with Crippen molar-refractivity contribution < 1.29 is 9.32 Å². The van der Waals surface area contributed by atoms with Crippen molar-refractivity contribution in [2.24, 2.45) is 0 Å². The van der Waals surface area contributed by atoms with Gasteiger partial charge in [-0.2, -0.15) is 4.98 Å². The Balaban J connectivity index is 1.61. The van der Waals surface area contributed by atoms with Crippen molar-refractivity contribution in [1.82, 2.24) is 15.5 Å². The highest BCUT2D eigenvalue weighted by Crippen LogP contribution is 2.24. The highest BCUT2D eigenvalue weighted by atomic mass is 32.1. The van der Waals surface area contributed by atoms with Crippen LogP contribution in [0.1, 0.15) is 27.9 Å². The molecule has 0 spiro atoms. The third-order valence-electron chi connectivity index (χ3n) is 3.90. The van der Waals surface area contributed by atoms with Crippen LogP contribution in [0.5, 0.6) is 0 Å². The Labute approximate surface area is 154 Å². The summed E-state index contributed by atoms with van der Waals surface area (Å²) in [4.78, 5) is 17.8. The van der Waals surface area contributed by atoms with Gasteiger partial charge in [-0.3, -0.25) is 4.79 Å². The number of nitrogens with one attached hydrogen (secondary N) is 1. The van der Waals surface area contributed by atoms with Gasteiger partial charge < -0.3 is 9.84 Å². The molecule has 4 aromatic rings. The molecule has 0 aliphatic carbocycles. The number of amides is 1. The van der Waals surface area contributed by atoms with E-state index < -0.39 is 5.91 Å². The molecule has 2 heterocycles. The van der Waals surface area contributed by atoms with E-state index in [9.17, 15) is 4.79 Å². The summed E-state index contributed by atoms with van der Waals surface area (Å²) >= 11 is 1.49. The number of thiophene rings is 1. The average molecular weight is 361 g/mol. The van der Waals surface area contributed by atoms with Crippen LogP contribution in [-0.2, 0) is 0 Å². The first-order chi connectivity index (χ1) is 12.8. The molecule has 26 heavy (non-hydrogen) atoms. The van der Waals surface area contributed by atoms with E-state index in [1.165, 1.54) is 11.3 Å². The molecular weight excluding hydrogens is 346 g/mol. The van der Waals surface area contributed by atoms with E-state index in [1.54, 1.807) is 0 Å². The molecule has 0 fully saturated rings. The quantitative estimate of drug-likeness (QED) is 0.575. The van der Waals surface area contributed by atoms with E-state index in [0.717, 1.165) is 16.0 Å². The number of nitrogens with zero attached hydrogens (tertiary/aromatic N) is 2. The number of rotatable bonds is 5. The molecule has 2 aromatic carbocycles. The molecule has 0 radical (unpaired) electrons. The van der Waals surface area contributed by atoms with Crippen LogP contribution >= 0.6 is 11.3 Å². The van der Waals surface area contributed by atoms with Crippen LogP contribution < -0.4 is 5.32 Å². The van der Waals surface area contributed by atoms with Gasteiger partial charge in [0.15, 0.2) is 0 Å². The van der Waals surface area contributed by atoms with Crippen LogP contribution in [-0.4, -0.2) is 16.0 Å². The van der Waals surface area contributed by atoms with Crippen LogP contribution in [0.4, 0.5) is 0 Å². The molecule has 2 aromatic heterocycles. The number of carbonyl (C=O) groups is 1. The molecule has 5 nitrogen and oxygen atoms in total. The minimum Gasteiger partial charge on any atom is -0.337 e. The van der Waals surface area contributed by atoms with Gasteiger partial charge in [-0.15, -0.1) is 11.3 Å². The van der Waals surface area contributed by atoms with Crippen LogP contribution in [0.15, 0.2) is 82.7 Å². The summed E-state index contributed by atoms with van der Waals surface area (Å²) < 4.78 is 5.16. The van der Waals surface area contributed by atoms with Gasteiger partial charge in [-0.1, -0.05) is 71.9 Å². The number of aromatic nitrogens is 2. The highest BCUT2D eigenvalue weighted by molar-refractivity contribution is 7.13. The third-order valence-corrected chi connectivity index (χ3v) is 4.77.